The molecule has 0 aromatic carbocycles. The molecule has 2 amide bonds. The number of hydrogen-bond donors (Lipinski definition) is 3. The van der Waals surface area contributed by atoms with Crippen molar-refractivity contribution >= 4 is 12.0 Å². The van der Waals surface area contributed by atoms with Crippen molar-refractivity contribution in [2.24, 2.45) is 0 Å². The first-order valence-corrected chi connectivity index (χ1v) is 5.21. The maximum Gasteiger partial charge on any atom is 0.422 e. The Morgan fingerprint density at radius 1 is 1.40 bits per heavy atom. The number of aryl methyl sites for hydroxylation is 1. The van der Waals surface area contributed by atoms with Gasteiger partial charge in [0.05, 0.1) is 6.54 Å². The van der Waals surface area contributed by atoms with E-state index in [1.54, 1.807) is 0 Å². The van der Waals surface area contributed by atoms with Gasteiger partial charge < -0.3 is 20.3 Å². The molecule has 1 unspecified atom stereocenters. The van der Waals surface area contributed by atoms with Crippen molar-refractivity contribution in [3.63, 3.8) is 0 Å². The minimum atomic E-state index is -5.16. The molecule has 1 aromatic heterocycles. The minimum absolute atomic E-state index is 0.0262. The lowest BCUT2D eigenvalue weighted by Gasteiger charge is -2.28. The molecule has 0 radical (unpaired) electrons. The van der Waals surface area contributed by atoms with Gasteiger partial charge in [-0.05, 0) is 13.8 Å². The van der Waals surface area contributed by atoms with Gasteiger partial charge in [0.25, 0.3) is 0 Å². The van der Waals surface area contributed by atoms with Gasteiger partial charge in [0.15, 0.2) is 5.82 Å². The van der Waals surface area contributed by atoms with Crippen LogP contribution >= 0.6 is 0 Å². The predicted octanol–water partition coefficient (Wildman–Crippen LogP) is 0.583. The molecule has 0 aliphatic carbocycles. The maximum atomic E-state index is 12.6. The predicted molar refractivity (Wildman–Crippen MR) is 56.5 cm³/mol. The summed E-state index contributed by atoms with van der Waals surface area (Å²) in [5.41, 5.74) is -3.40. The smallest absolute Gasteiger partial charge is 0.422 e. The number of urea groups is 1. The lowest BCUT2D eigenvalue weighted by Crippen LogP contribution is -2.63. The normalized spacial score (nSPS) is 14.4. The molecule has 0 aliphatic rings. The van der Waals surface area contributed by atoms with Crippen LogP contribution in [-0.4, -0.2) is 39.0 Å². The fourth-order valence-electron chi connectivity index (χ4n) is 1.08. The van der Waals surface area contributed by atoms with Crippen LogP contribution in [0.4, 0.5) is 18.0 Å². The third-order valence-electron chi connectivity index (χ3n) is 2.33. The zero-order valence-electron chi connectivity index (χ0n) is 10.4. The molecule has 0 fully saturated rings. The van der Waals surface area contributed by atoms with Gasteiger partial charge in [-0.25, -0.2) is 9.59 Å². The molecule has 3 N–H and O–H groups in total. The van der Waals surface area contributed by atoms with Crippen LogP contribution in [0.2, 0.25) is 0 Å². The van der Waals surface area contributed by atoms with E-state index in [9.17, 15) is 22.8 Å². The Labute approximate surface area is 110 Å². The number of alkyl halides is 3. The number of hydrogen-bond acceptors (Lipinski definition) is 5. The summed E-state index contributed by atoms with van der Waals surface area (Å²) in [4.78, 5) is 25.7. The summed E-state index contributed by atoms with van der Waals surface area (Å²) < 4.78 is 42.5. The Hall–Kier alpha value is -2.33. The van der Waals surface area contributed by atoms with E-state index < -0.39 is 23.7 Å². The highest BCUT2D eigenvalue weighted by atomic mass is 19.4. The Balaban J connectivity index is 2.66. The molecule has 1 heterocycles. The van der Waals surface area contributed by atoms with E-state index in [4.69, 9.17) is 5.11 Å². The van der Waals surface area contributed by atoms with Crippen molar-refractivity contribution in [1.82, 2.24) is 20.8 Å². The van der Waals surface area contributed by atoms with Crippen LogP contribution < -0.4 is 10.6 Å². The molecule has 11 heteroatoms. The molecule has 112 valence electrons. The third kappa shape index (κ3) is 3.36. The second-order valence-corrected chi connectivity index (χ2v) is 3.97. The van der Waals surface area contributed by atoms with Gasteiger partial charge in [-0.3, -0.25) is 0 Å². The first-order valence-electron chi connectivity index (χ1n) is 5.21. The van der Waals surface area contributed by atoms with Crippen LogP contribution in [0.25, 0.3) is 0 Å². The van der Waals surface area contributed by atoms with Crippen molar-refractivity contribution in [1.29, 1.82) is 0 Å². The first-order chi connectivity index (χ1) is 9.06. The van der Waals surface area contributed by atoms with Gasteiger partial charge in [0, 0.05) is 0 Å². The SMILES string of the molecule is Cc1noc(CNC(=O)NC(C)(C(=O)O)C(F)(F)F)n1. The molecule has 0 bridgehead atoms. The number of rotatable bonds is 4. The van der Waals surface area contributed by atoms with Gasteiger partial charge in [-0.2, -0.15) is 18.2 Å². The molecule has 0 spiro atoms. The molecule has 0 saturated heterocycles. The van der Waals surface area contributed by atoms with Crippen LogP contribution in [0.1, 0.15) is 18.6 Å². The molecule has 8 nitrogen and oxygen atoms in total. The number of carboxylic acids is 1. The number of aromatic nitrogens is 2. The zero-order valence-corrected chi connectivity index (χ0v) is 10.4. The van der Waals surface area contributed by atoms with Crippen LogP contribution in [-0.2, 0) is 11.3 Å². The molecular formula is C9H11F3N4O4. The van der Waals surface area contributed by atoms with E-state index in [0.29, 0.717) is 6.92 Å². The summed E-state index contributed by atoms with van der Waals surface area (Å²) >= 11 is 0. The monoisotopic (exact) mass is 296 g/mol. The average molecular weight is 296 g/mol. The third-order valence-corrected chi connectivity index (χ3v) is 2.33. The van der Waals surface area contributed by atoms with E-state index in [1.165, 1.54) is 12.2 Å². The van der Waals surface area contributed by atoms with Gasteiger partial charge in [-0.1, -0.05) is 5.16 Å². The number of amides is 2. The minimum Gasteiger partial charge on any atom is -0.479 e. The molecule has 1 atom stereocenters. The number of aliphatic carboxylic acids is 1. The summed E-state index contributed by atoms with van der Waals surface area (Å²) in [6.07, 6.45) is -5.16. The van der Waals surface area contributed by atoms with Crippen molar-refractivity contribution in [3.8, 4) is 0 Å². The van der Waals surface area contributed by atoms with Crippen LogP contribution in [0.5, 0.6) is 0 Å². The number of carboxylic acid groups (broad SMARTS) is 1. The van der Waals surface area contributed by atoms with Gasteiger partial charge >= 0.3 is 18.2 Å². The molecule has 1 rings (SSSR count). The molecule has 0 aliphatic heterocycles. The summed E-state index contributed by atoms with van der Waals surface area (Å²) in [6, 6.07) is -1.33. The standard InChI is InChI=1S/C9H11F3N4O4/c1-4-14-5(20-16-4)3-13-7(19)15-8(2,6(17)18)9(10,11)12/h3H2,1-2H3,(H,17,18)(H2,13,15,19). The van der Waals surface area contributed by atoms with Crippen molar-refractivity contribution in [3.05, 3.63) is 11.7 Å². The number of carbonyl (C=O) groups is 2. The van der Waals surface area contributed by atoms with Crippen molar-refractivity contribution in [2.75, 3.05) is 0 Å². The topological polar surface area (TPSA) is 117 Å². The highest BCUT2D eigenvalue weighted by Gasteiger charge is 2.58. The fraction of sp³-hybridized carbons (Fsp3) is 0.556. The van der Waals surface area contributed by atoms with Crippen molar-refractivity contribution in [2.45, 2.75) is 32.1 Å². The Morgan fingerprint density at radius 3 is 2.40 bits per heavy atom. The van der Waals surface area contributed by atoms with Gasteiger partial charge in [-0.15, -0.1) is 0 Å². The van der Waals surface area contributed by atoms with Crippen LogP contribution in [0.3, 0.4) is 0 Å². The second kappa shape index (κ2) is 5.35. The van der Waals surface area contributed by atoms with E-state index in [-0.39, 0.29) is 18.3 Å². The summed E-state index contributed by atoms with van der Waals surface area (Å²) in [6.45, 7) is 1.52. The summed E-state index contributed by atoms with van der Waals surface area (Å²) in [7, 11) is 0. The average Bonchev–Trinajstić information content (AvgIpc) is 2.70. The highest BCUT2D eigenvalue weighted by Crippen LogP contribution is 2.30. The summed E-state index contributed by atoms with van der Waals surface area (Å²) in [5, 5.41) is 15.3. The largest absolute Gasteiger partial charge is 0.479 e. The van der Waals surface area contributed by atoms with E-state index in [2.05, 4.69) is 14.7 Å². The first kappa shape index (κ1) is 15.7. The lowest BCUT2D eigenvalue weighted by atomic mass is 10.0. The Bertz CT molecular complexity index is 516. The molecule has 0 saturated carbocycles. The van der Waals surface area contributed by atoms with E-state index >= 15 is 0 Å². The van der Waals surface area contributed by atoms with Gasteiger partial charge in [0.2, 0.25) is 11.4 Å². The Morgan fingerprint density at radius 2 is 2.00 bits per heavy atom. The number of nitrogens with one attached hydrogen (secondary N) is 2. The second-order valence-electron chi connectivity index (χ2n) is 3.97. The number of halogens is 3. The van der Waals surface area contributed by atoms with Crippen LogP contribution in [0, 0.1) is 6.92 Å². The quantitative estimate of drug-likeness (QED) is 0.748. The fourth-order valence-corrected chi connectivity index (χ4v) is 1.08. The molecule has 20 heavy (non-hydrogen) atoms. The highest BCUT2D eigenvalue weighted by molar-refractivity contribution is 5.86. The summed E-state index contributed by atoms with van der Waals surface area (Å²) in [5.74, 6) is -1.97. The maximum absolute atomic E-state index is 12.6. The Kier molecular flexibility index (Phi) is 4.20. The molecular weight excluding hydrogens is 285 g/mol. The lowest BCUT2D eigenvalue weighted by molar-refractivity contribution is -0.203. The van der Waals surface area contributed by atoms with Crippen LogP contribution in [0.15, 0.2) is 4.52 Å². The van der Waals surface area contributed by atoms with Crippen molar-refractivity contribution < 1.29 is 32.4 Å². The van der Waals surface area contributed by atoms with E-state index in [1.807, 2.05) is 5.32 Å². The molecule has 1 aromatic rings. The number of nitrogens with zero attached hydrogens (tertiary/aromatic N) is 2. The zero-order chi connectivity index (χ0) is 15.6. The van der Waals surface area contributed by atoms with E-state index in [0.717, 1.165) is 0 Å². The number of carbonyl (C=O) groups excluding carboxylic acids is 1. The van der Waals surface area contributed by atoms with Gasteiger partial charge in [0.1, 0.15) is 0 Å².